The molecule has 0 unspecified atom stereocenters. The monoisotopic (exact) mass is 278 g/mol. The second-order valence-corrected chi connectivity index (χ2v) is 4.94. The summed E-state index contributed by atoms with van der Waals surface area (Å²) in [5.41, 5.74) is 2.36. The number of hydrogen-bond donors (Lipinski definition) is 2. The van der Waals surface area contributed by atoms with Crippen LogP contribution in [0.4, 0.5) is 4.79 Å². The molecule has 0 heterocycles. The Morgan fingerprint density at radius 2 is 1.90 bits per heavy atom. The molecule has 0 saturated heterocycles. The first-order valence-corrected chi connectivity index (χ1v) is 7.36. The van der Waals surface area contributed by atoms with Gasteiger partial charge in [-0.15, -0.1) is 0 Å². The van der Waals surface area contributed by atoms with Crippen LogP contribution < -0.4 is 15.4 Å². The van der Waals surface area contributed by atoms with Crippen LogP contribution in [0.3, 0.4) is 0 Å². The molecule has 4 heteroatoms. The van der Waals surface area contributed by atoms with Gasteiger partial charge in [0.25, 0.3) is 0 Å². The second-order valence-electron chi connectivity index (χ2n) is 4.94. The summed E-state index contributed by atoms with van der Waals surface area (Å²) in [6, 6.07) is 5.87. The van der Waals surface area contributed by atoms with E-state index in [0.717, 1.165) is 37.1 Å². The van der Waals surface area contributed by atoms with Gasteiger partial charge in [-0.3, -0.25) is 0 Å². The molecule has 0 atom stereocenters. The lowest BCUT2D eigenvalue weighted by atomic mass is 10.1. The first-order chi connectivity index (χ1) is 9.65. The first kappa shape index (κ1) is 16.3. The molecule has 2 N–H and O–H groups in total. The molecule has 4 nitrogen and oxygen atoms in total. The fraction of sp³-hybridized carbons (Fsp3) is 0.562. The molecule has 0 aliphatic carbocycles. The van der Waals surface area contributed by atoms with Crippen molar-refractivity contribution in [2.24, 2.45) is 0 Å². The Bertz CT molecular complexity index is 419. The van der Waals surface area contributed by atoms with Crippen LogP contribution in [0.25, 0.3) is 0 Å². The van der Waals surface area contributed by atoms with E-state index in [1.54, 1.807) is 0 Å². The summed E-state index contributed by atoms with van der Waals surface area (Å²) in [5.74, 6) is 0.884. The van der Waals surface area contributed by atoms with Crippen LogP contribution in [-0.4, -0.2) is 25.7 Å². The number of unbranched alkanes of at least 4 members (excludes halogenated alkanes) is 2. The summed E-state index contributed by atoms with van der Waals surface area (Å²) in [6.45, 7) is 7.96. The van der Waals surface area contributed by atoms with Gasteiger partial charge in [-0.25, -0.2) is 4.79 Å². The third-order valence-electron chi connectivity index (χ3n) is 3.27. The van der Waals surface area contributed by atoms with Crippen molar-refractivity contribution in [1.82, 2.24) is 10.6 Å². The lowest BCUT2D eigenvalue weighted by Crippen LogP contribution is -2.38. The zero-order valence-electron chi connectivity index (χ0n) is 12.8. The summed E-state index contributed by atoms with van der Waals surface area (Å²) in [5, 5.41) is 5.62. The molecule has 0 fully saturated rings. The van der Waals surface area contributed by atoms with E-state index in [9.17, 15) is 4.79 Å². The minimum atomic E-state index is -0.120. The molecular weight excluding hydrogens is 252 g/mol. The smallest absolute Gasteiger partial charge is 0.314 e. The summed E-state index contributed by atoms with van der Waals surface area (Å²) in [4.78, 5) is 11.5. The van der Waals surface area contributed by atoms with Crippen molar-refractivity contribution in [2.45, 2.75) is 40.0 Å². The number of carbonyl (C=O) groups is 1. The summed E-state index contributed by atoms with van der Waals surface area (Å²) in [6.07, 6.45) is 3.34. The number of urea groups is 1. The third kappa shape index (κ3) is 5.95. The summed E-state index contributed by atoms with van der Waals surface area (Å²) in [7, 11) is 0. The average molecular weight is 278 g/mol. The van der Waals surface area contributed by atoms with E-state index in [0.29, 0.717) is 13.2 Å². The van der Waals surface area contributed by atoms with E-state index in [1.807, 2.05) is 19.1 Å². The van der Waals surface area contributed by atoms with Crippen LogP contribution >= 0.6 is 0 Å². The fourth-order valence-electron chi connectivity index (χ4n) is 1.85. The molecule has 0 aromatic heterocycles. The van der Waals surface area contributed by atoms with Crippen LogP contribution in [0.1, 0.15) is 37.3 Å². The Balaban J connectivity index is 2.15. The van der Waals surface area contributed by atoms with Gasteiger partial charge in [-0.05, 0) is 37.5 Å². The van der Waals surface area contributed by atoms with Gasteiger partial charge in [-0.2, -0.15) is 0 Å². The molecule has 0 saturated carbocycles. The number of ether oxygens (including phenoxy) is 1. The number of rotatable bonds is 8. The van der Waals surface area contributed by atoms with Crippen LogP contribution in [-0.2, 0) is 0 Å². The van der Waals surface area contributed by atoms with Gasteiger partial charge in [0.15, 0.2) is 0 Å². The SMILES string of the molecule is CCCCCNC(=O)NCCOc1cccc(C)c1C. The van der Waals surface area contributed by atoms with Gasteiger partial charge in [0, 0.05) is 6.54 Å². The van der Waals surface area contributed by atoms with Gasteiger partial charge in [0.1, 0.15) is 12.4 Å². The van der Waals surface area contributed by atoms with Crippen molar-refractivity contribution in [1.29, 1.82) is 0 Å². The van der Waals surface area contributed by atoms with E-state index in [1.165, 1.54) is 5.56 Å². The maximum atomic E-state index is 11.5. The van der Waals surface area contributed by atoms with Crippen molar-refractivity contribution >= 4 is 6.03 Å². The molecule has 1 rings (SSSR count). The highest BCUT2D eigenvalue weighted by Crippen LogP contribution is 2.20. The van der Waals surface area contributed by atoms with Crippen molar-refractivity contribution in [2.75, 3.05) is 19.7 Å². The molecule has 0 spiro atoms. The number of benzene rings is 1. The largest absolute Gasteiger partial charge is 0.491 e. The maximum Gasteiger partial charge on any atom is 0.314 e. The number of aryl methyl sites for hydroxylation is 1. The van der Waals surface area contributed by atoms with E-state index in [-0.39, 0.29) is 6.03 Å². The Kier molecular flexibility index (Phi) is 7.55. The topological polar surface area (TPSA) is 50.4 Å². The number of carbonyl (C=O) groups excluding carboxylic acids is 1. The van der Waals surface area contributed by atoms with Crippen LogP contribution in [0.2, 0.25) is 0 Å². The summed E-state index contributed by atoms with van der Waals surface area (Å²) >= 11 is 0. The molecule has 0 radical (unpaired) electrons. The maximum absolute atomic E-state index is 11.5. The highest BCUT2D eigenvalue weighted by molar-refractivity contribution is 5.73. The third-order valence-corrected chi connectivity index (χ3v) is 3.27. The quantitative estimate of drug-likeness (QED) is 0.718. The van der Waals surface area contributed by atoms with Gasteiger partial charge >= 0.3 is 6.03 Å². The number of hydrogen-bond acceptors (Lipinski definition) is 2. The average Bonchev–Trinajstić information content (AvgIpc) is 2.44. The van der Waals surface area contributed by atoms with E-state index < -0.39 is 0 Å². The summed E-state index contributed by atoms with van der Waals surface area (Å²) < 4.78 is 5.67. The Labute approximate surface area is 121 Å². The van der Waals surface area contributed by atoms with Crippen molar-refractivity contribution in [3.05, 3.63) is 29.3 Å². The van der Waals surface area contributed by atoms with Crippen molar-refractivity contribution < 1.29 is 9.53 Å². The normalized spacial score (nSPS) is 10.2. The van der Waals surface area contributed by atoms with E-state index in [2.05, 4.69) is 30.5 Å². The highest BCUT2D eigenvalue weighted by atomic mass is 16.5. The minimum Gasteiger partial charge on any atom is -0.491 e. The van der Waals surface area contributed by atoms with E-state index >= 15 is 0 Å². The van der Waals surface area contributed by atoms with Crippen LogP contribution in [0.5, 0.6) is 5.75 Å². The standard InChI is InChI=1S/C16H26N2O2/c1-4-5-6-10-17-16(19)18-11-12-20-15-9-7-8-13(2)14(15)3/h7-9H,4-6,10-12H2,1-3H3,(H2,17,18,19). The predicted octanol–water partition coefficient (Wildman–Crippen LogP) is 3.17. The molecular formula is C16H26N2O2. The zero-order chi connectivity index (χ0) is 14.8. The molecule has 1 aromatic rings. The Morgan fingerprint density at radius 3 is 2.65 bits per heavy atom. The van der Waals surface area contributed by atoms with Crippen LogP contribution in [0.15, 0.2) is 18.2 Å². The Morgan fingerprint density at radius 1 is 1.15 bits per heavy atom. The lowest BCUT2D eigenvalue weighted by Gasteiger charge is -2.11. The molecule has 112 valence electrons. The minimum absolute atomic E-state index is 0.120. The van der Waals surface area contributed by atoms with Gasteiger partial charge < -0.3 is 15.4 Å². The highest BCUT2D eigenvalue weighted by Gasteiger charge is 2.02. The van der Waals surface area contributed by atoms with Gasteiger partial charge in [-0.1, -0.05) is 31.9 Å². The van der Waals surface area contributed by atoms with Crippen molar-refractivity contribution in [3.63, 3.8) is 0 Å². The lowest BCUT2D eigenvalue weighted by molar-refractivity contribution is 0.236. The fourth-order valence-corrected chi connectivity index (χ4v) is 1.85. The zero-order valence-corrected chi connectivity index (χ0v) is 12.8. The van der Waals surface area contributed by atoms with Crippen LogP contribution in [0, 0.1) is 13.8 Å². The number of nitrogens with one attached hydrogen (secondary N) is 2. The molecule has 0 aliphatic heterocycles. The second kappa shape index (κ2) is 9.23. The van der Waals surface area contributed by atoms with Crippen molar-refractivity contribution in [3.8, 4) is 5.75 Å². The van der Waals surface area contributed by atoms with Gasteiger partial charge in [0.05, 0.1) is 6.54 Å². The molecule has 1 aromatic carbocycles. The number of amides is 2. The Hall–Kier alpha value is -1.71. The first-order valence-electron chi connectivity index (χ1n) is 7.36. The van der Waals surface area contributed by atoms with E-state index in [4.69, 9.17) is 4.74 Å². The molecule has 2 amide bonds. The molecule has 0 bridgehead atoms. The predicted molar refractivity (Wildman–Crippen MR) is 82.3 cm³/mol. The molecule has 0 aliphatic rings. The molecule has 20 heavy (non-hydrogen) atoms. The van der Waals surface area contributed by atoms with Gasteiger partial charge in [0.2, 0.25) is 0 Å².